The predicted molar refractivity (Wildman–Crippen MR) is 136 cm³/mol. The van der Waals surface area contributed by atoms with Gasteiger partial charge in [0.05, 0.1) is 11.2 Å². The van der Waals surface area contributed by atoms with Crippen molar-refractivity contribution in [1.82, 2.24) is 19.9 Å². The minimum absolute atomic E-state index is 0.167. The van der Waals surface area contributed by atoms with Gasteiger partial charge in [-0.15, -0.1) is 0 Å². The third-order valence-corrected chi connectivity index (χ3v) is 8.83. The maximum atomic E-state index is 14.6. The normalized spacial score (nSPS) is 23.3. The first-order chi connectivity index (χ1) is 17.0. The van der Waals surface area contributed by atoms with E-state index in [0.29, 0.717) is 34.6 Å². The monoisotopic (exact) mass is 507 g/mol. The van der Waals surface area contributed by atoms with E-state index in [-0.39, 0.29) is 17.1 Å². The van der Waals surface area contributed by atoms with Gasteiger partial charge in [0.2, 0.25) is 0 Å². The summed E-state index contributed by atoms with van der Waals surface area (Å²) in [6.45, 7) is 2.05. The summed E-state index contributed by atoms with van der Waals surface area (Å²) >= 11 is 7.66. The molecule has 0 spiro atoms. The van der Waals surface area contributed by atoms with E-state index in [4.69, 9.17) is 28.1 Å². The number of hydrogen-bond acceptors (Lipinski definition) is 8. The van der Waals surface area contributed by atoms with Crippen LogP contribution in [0.25, 0.3) is 11.2 Å². The maximum absolute atomic E-state index is 14.6. The topological polar surface area (TPSA) is 107 Å². The van der Waals surface area contributed by atoms with Crippen LogP contribution in [0.4, 0.5) is 16.0 Å². The lowest BCUT2D eigenvalue weighted by molar-refractivity contribution is 0.533. The summed E-state index contributed by atoms with van der Waals surface area (Å²) in [6.07, 6.45) is 4.32. The molecule has 1 saturated heterocycles. The lowest BCUT2D eigenvalue weighted by atomic mass is 9.91. The Bertz CT molecular complexity index is 1440. The third kappa shape index (κ3) is 3.69. The number of aromatic nitrogens is 4. The zero-order valence-corrected chi connectivity index (χ0v) is 20.3. The third-order valence-electron chi connectivity index (χ3n) is 7.33. The number of anilines is 2. The minimum Gasteiger partial charge on any atom is -0.382 e. The molecule has 4 aromatic rings. The maximum Gasteiger partial charge on any atom is 0.179 e. The Morgan fingerprint density at radius 3 is 2.80 bits per heavy atom. The van der Waals surface area contributed by atoms with Crippen LogP contribution in [0.15, 0.2) is 64.8 Å². The summed E-state index contributed by atoms with van der Waals surface area (Å²) in [5.41, 5.74) is 13.8. The van der Waals surface area contributed by atoms with E-state index in [1.807, 2.05) is 24.3 Å². The van der Waals surface area contributed by atoms with Crippen molar-refractivity contribution in [3.05, 3.63) is 71.3 Å². The van der Waals surface area contributed by atoms with Crippen LogP contribution in [0.2, 0.25) is 5.02 Å². The Morgan fingerprint density at radius 1 is 1.11 bits per heavy atom. The lowest BCUT2D eigenvalue weighted by Crippen LogP contribution is -2.32. The van der Waals surface area contributed by atoms with E-state index in [9.17, 15) is 4.39 Å². The summed E-state index contributed by atoms with van der Waals surface area (Å²) in [7, 11) is 0. The van der Waals surface area contributed by atoms with Gasteiger partial charge < -0.3 is 16.4 Å². The standard InChI is InChI=1S/C25H23ClFN7S/c26-22-19(7-9-30-23(22)29)35-21-6-5-18-24(33-21)31-11-20(32-18)34-10-8-14-16(12-34)25(14,13-28)15-3-1-2-4-17(15)27/h1-7,9,11,14,16H,8,10,12-13,28H2,(H2,29,30)/t14-,16+,25-/m1/s1. The predicted octanol–water partition coefficient (Wildman–Crippen LogP) is 4.30. The second kappa shape index (κ2) is 8.58. The Morgan fingerprint density at radius 2 is 1.97 bits per heavy atom. The number of nitrogens with zero attached hydrogens (tertiary/aromatic N) is 5. The Kier molecular flexibility index (Phi) is 5.51. The summed E-state index contributed by atoms with van der Waals surface area (Å²) in [5, 5.41) is 1.15. The first-order valence-electron chi connectivity index (χ1n) is 11.4. The molecule has 35 heavy (non-hydrogen) atoms. The van der Waals surface area contributed by atoms with E-state index >= 15 is 0 Å². The number of pyridine rings is 2. The first-order valence-corrected chi connectivity index (χ1v) is 12.6. The number of benzene rings is 1. The molecule has 178 valence electrons. The summed E-state index contributed by atoms with van der Waals surface area (Å²) < 4.78 is 14.6. The fraction of sp³-hybridized carbons (Fsp3) is 0.280. The van der Waals surface area contributed by atoms with Crippen molar-refractivity contribution >= 4 is 46.2 Å². The highest BCUT2D eigenvalue weighted by molar-refractivity contribution is 7.99. The Hall–Kier alpha value is -3.01. The molecule has 0 radical (unpaired) electrons. The van der Waals surface area contributed by atoms with E-state index in [1.54, 1.807) is 24.5 Å². The van der Waals surface area contributed by atoms with Gasteiger partial charge in [-0.3, -0.25) is 0 Å². The molecular formula is C25H23ClFN7S. The van der Waals surface area contributed by atoms with Crippen LogP contribution >= 0.6 is 23.4 Å². The molecule has 7 nitrogen and oxygen atoms in total. The molecule has 4 heterocycles. The van der Waals surface area contributed by atoms with E-state index in [2.05, 4.69) is 19.9 Å². The molecule has 10 heteroatoms. The van der Waals surface area contributed by atoms with Crippen molar-refractivity contribution in [2.24, 2.45) is 17.6 Å². The quantitative estimate of drug-likeness (QED) is 0.412. The Balaban J connectivity index is 1.23. The summed E-state index contributed by atoms with van der Waals surface area (Å²) in [5.74, 6) is 1.61. The number of piperidine rings is 1. The van der Waals surface area contributed by atoms with Gasteiger partial charge in [-0.2, -0.15) is 0 Å². The van der Waals surface area contributed by atoms with Gasteiger partial charge in [-0.1, -0.05) is 41.6 Å². The average Bonchev–Trinajstić information content (AvgIpc) is 3.54. The van der Waals surface area contributed by atoms with Crippen molar-refractivity contribution < 1.29 is 4.39 Å². The average molecular weight is 508 g/mol. The van der Waals surface area contributed by atoms with Gasteiger partial charge in [0.1, 0.15) is 28.0 Å². The first kappa shape index (κ1) is 22.5. The number of rotatable bonds is 5. The van der Waals surface area contributed by atoms with Gasteiger partial charge >= 0.3 is 0 Å². The summed E-state index contributed by atoms with van der Waals surface area (Å²) in [4.78, 5) is 21.0. The van der Waals surface area contributed by atoms with Crippen molar-refractivity contribution in [1.29, 1.82) is 0 Å². The highest BCUT2D eigenvalue weighted by Gasteiger charge is 2.66. The SMILES string of the molecule is NC[C@]1(c2ccccc2F)[C@@H]2CCN(c3cnc4nc(Sc5ccnc(N)c5Cl)ccc4n3)C[C@@H]21. The molecule has 1 aromatic carbocycles. The molecule has 1 aliphatic heterocycles. The fourth-order valence-electron chi connectivity index (χ4n) is 5.56. The van der Waals surface area contributed by atoms with Crippen molar-refractivity contribution in [3.8, 4) is 0 Å². The van der Waals surface area contributed by atoms with Gasteiger partial charge in [-0.25, -0.2) is 24.3 Å². The molecule has 6 rings (SSSR count). The van der Waals surface area contributed by atoms with Crippen molar-refractivity contribution in [2.45, 2.75) is 21.8 Å². The largest absolute Gasteiger partial charge is 0.382 e. The van der Waals surface area contributed by atoms with Gasteiger partial charge in [0.25, 0.3) is 0 Å². The van der Waals surface area contributed by atoms with Gasteiger partial charge in [-0.05, 0) is 48.1 Å². The van der Waals surface area contributed by atoms with Crippen molar-refractivity contribution in [3.63, 3.8) is 0 Å². The molecule has 1 saturated carbocycles. The number of hydrogen-bond donors (Lipinski definition) is 2. The minimum atomic E-state index is -0.296. The fourth-order valence-corrected chi connectivity index (χ4v) is 6.60. The second-order valence-corrected chi connectivity index (χ2v) is 10.4. The van der Waals surface area contributed by atoms with E-state index < -0.39 is 0 Å². The van der Waals surface area contributed by atoms with E-state index in [0.717, 1.165) is 40.8 Å². The molecule has 1 aliphatic carbocycles. The highest BCUT2D eigenvalue weighted by atomic mass is 35.5. The number of nitrogen functional groups attached to an aromatic ring is 1. The van der Waals surface area contributed by atoms with Gasteiger partial charge in [0.15, 0.2) is 5.65 Å². The molecule has 3 aromatic heterocycles. The van der Waals surface area contributed by atoms with Crippen LogP contribution in [0.3, 0.4) is 0 Å². The zero-order chi connectivity index (χ0) is 24.2. The molecule has 4 N–H and O–H groups in total. The van der Waals surface area contributed by atoms with Crippen LogP contribution in [-0.2, 0) is 5.41 Å². The van der Waals surface area contributed by atoms with Gasteiger partial charge in [0, 0.05) is 36.1 Å². The Labute approximate surface area is 211 Å². The summed E-state index contributed by atoms with van der Waals surface area (Å²) in [6, 6.07) is 12.6. The number of halogens is 2. The lowest BCUT2D eigenvalue weighted by Gasteiger charge is -2.27. The number of nitrogens with two attached hydrogens (primary N) is 2. The highest BCUT2D eigenvalue weighted by Crippen LogP contribution is 2.63. The van der Waals surface area contributed by atoms with Crippen LogP contribution in [0, 0.1) is 17.7 Å². The number of fused-ring (bicyclic) bond motifs is 2. The van der Waals surface area contributed by atoms with Crippen LogP contribution in [0.1, 0.15) is 12.0 Å². The molecular weight excluding hydrogens is 485 g/mol. The molecule has 0 unspecified atom stereocenters. The molecule has 3 atom stereocenters. The smallest absolute Gasteiger partial charge is 0.179 e. The van der Waals surface area contributed by atoms with Crippen LogP contribution in [0.5, 0.6) is 0 Å². The zero-order valence-electron chi connectivity index (χ0n) is 18.7. The van der Waals surface area contributed by atoms with Crippen molar-refractivity contribution in [2.75, 3.05) is 30.3 Å². The molecule has 2 aliphatic rings. The van der Waals surface area contributed by atoms with Crippen LogP contribution < -0.4 is 16.4 Å². The molecule has 0 amide bonds. The second-order valence-electron chi connectivity index (χ2n) is 9.00. The van der Waals surface area contributed by atoms with E-state index in [1.165, 1.54) is 17.8 Å². The molecule has 0 bridgehead atoms. The molecule has 2 fully saturated rings. The van der Waals surface area contributed by atoms with Crippen LogP contribution in [-0.4, -0.2) is 39.6 Å².